The normalized spacial score (nSPS) is 14.2. The lowest BCUT2D eigenvalue weighted by atomic mass is 10.0. The molecule has 21 heavy (non-hydrogen) atoms. The minimum atomic E-state index is 0.260. The summed E-state index contributed by atoms with van der Waals surface area (Å²) >= 11 is 5.95. The lowest BCUT2D eigenvalue weighted by Gasteiger charge is -2.21. The van der Waals surface area contributed by atoms with Gasteiger partial charge in [-0.3, -0.25) is 4.68 Å². The van der Waals surface area contributed by atoms with Crippen molar-refractivity contribution in [1.29, 1.82) is 0 Å². The van der Waals surface area contributed by atoms with Gasteiger partial charge in [-0.15, -0.1) is 0 Å². The van der Waals surface area contributed by atoms with E-state index in [2.05, 4.69) is 61.8 Å². The van der Waals surface area contributed by atoms with Crippen LogP contribution in [0.15, 0.2) is 24.3 Å². The van der Waals surface area contributed by atoms with Crippen molar-refractivity contribution in [3.05, 3.63) is 51.8 Å². The zero-order valence-corrected chi connectivity index (χ0v) is 14.2. The molecule has 114 valence electrons. The topological polar surface area (TPSA) is 29.9 Å². The molecule has 0 aliphatic heterocycles. The number of nitrogens with zero attached hydrogens (tertiary/aromatic N) is 2. The number of benzene rings is 1. The van der Waals surface area contributed by atoms with Gasteiger partial charge in [0.1, 0.15) is 0 Å². The molecule has 0 aliphatic carbocycles. The number of hydrogen-bond donors (Lipinski definition) is 1. The van der Waals surface area contributed by atoms with Crippen molar-refractivity contribution >= 4 is 11.6 Å². The Bertz CT molecular complexity index is 601. The van der Waals surface area contributed by atoms with Gasteiger partial charge in [0.2, 0.25) is 0 Å². The maximum atomic E-state index is 5.95. The van der Waals surface area contributed by atoms with E-state index < -0.39 is 0 Å². The monoisotopic (exact) mass is 305 g/mol. The number of aromatic nitrogens is 2. The van der Waals surface area contributed by atoms with Gasteiger partial charge in [0.25, 0.3) is 0 Å². The molecule has 0 saturated carbocycles. The van der Waals surface area contributed by atoms with Crippen molar-refractivity contribution in [2.24, 2.45) is 0 Å². The second kappa shape index (κ2) is 6.63. The van der Waals surface area contributed by atoms with E-state index in [0.29, 0.717) is 0 Å². The molecule has 1 aromatic heterocycles. The number of nitrogens with one attached hydrogen (secondary N) is 1. The van der Waals surface area contributed by atoms with E-state index >= 15 is 0 Å². The Labute approximate surface area is 132 Å². The van der Waals surface area contributed by atoms with E-state index in [1.165, 1.54) is 16.8 Å². The fourth-order valence-electron chi connectivity index (χ4n) is 2.95. The molecule has 0 aliphatic rings. The van der Waals surface area contributed by atoms with Gasteiger partial charge in [0.05, 0.1) is 5.69 Å². The van der Waals surface area contributed by atoms with Crippen molar-refractivity contribution in [2.75, 3.05) is 0 Å². The SMILES string of the molecule is CCn1nc(C)c(C(C)N[C@@H](C)c2ccc(Cl)cc2)c1C. The number of aryl methyl sites for hydroxylation is 2. The smallest absolute Gasteiger partial charge is 0.0644 e. The van der Waals surface area contributed by atoms with E-state index in [-0.39, 0.29) is 12.1 Å². The van der Waals surface area contributed by atoms with Crippen LogP contribution in [0.3, 0.4) is 0 Å². The van der Waals surface area contributed by atoms with E-state index in [4.69, 9.17) is 11.6 Å². The number of rotatable bonds is 5. The predicted molar refractivity (Wildman–Crippen MR) is 88.8 cm³/mol. The second-order valence-electron chi connectivity index (χ2n) is 5.56. The Balaban J connectivity index is 2.16. The summed E-state index contributed by atoms with van der Waals surface area (Å²) in [7, 11) is 0. The molecule has 1 unspecified atom stereocenters. The molecule has 0 amide bonds. The molecule has 0 bridgehead atoms. The van der Waals surface area contributed by atoms with Crippen LogP contribution in [0.2, 0.25) is 5.02 Å². The average Bonchev–Trinajstić information content (AvgIpc) is 2.73. The standard InChI is InChI=1S/C17H24ClN3/c1-6-21-14(5)17(13(4)20-21)12(3)19-11(2)15-7-9-16(18)10-8-15/h7-12,19H,6H2,1-5H3/t11-,12?/m0/s1. The summed E-state index contributed by atoms with van der Waals surface area (Å²) in [6, 6.07) is 8.54. The van der Waals surface area contributed by atoms with Gasteiger partial charge in [-0.25, -0.2) is 0 Å². The van der Waals surface area contributed by atoms with E-state index in [0.717, 1.165) is 17.3 Å². The van der Waals surface area contributed by atoms with Crippen LogP contribution in [-0.4, -0.2) is 9.78 Å². The fourth-order valence-corrected chi connectivity index (χ4v) is 3.08. The van der Waals surface area contributed by atoms with Crippen LogP contribution in [0.4, 0.5) is 0 Å². The van der Waals surface area contributed by atoms with Crippen LogP contribution < -0.4 is 5.32 Å². The van der Waals surface area contributed by atoms with Crippen LogP contribution >= 0.6 is 11.6 Å². The summed E-state index contributed by atoms with van der Waals surface area (Å²) in [5, 5.41) is 9.03. The summed E-state index contributed by atoms with van der Waals surface area (Å²) in [6.45, 7) is 11.6. The number of hydrogen-bond acceptors (Lipinski definition) is 2. The van der Waals surface area contributed by atoms with Gasteiger partial charge in [0, 0.05) is 34.9 Å². The summed E-state index contributed by atoms with van der Waals surface area (Å²) in [5.74, 6) is 0. The van der Waals surface area contributed by atoms with E-state index in [1.807, 2.05) is 12.1 Å². The van der Waals surface area contributed by atoms with Gasteiger partial charge in [0.15, 0.2) is 0 Å². The molecule has 0 spiro atoms. The van der Waals surface area contributed by atoms with Gasteiger partial charge >= 0.3 is 0 Å². The zero-order chi connectivity index (χ0) is 15.6. The summed E-state index contributed by atoms with van der Waals surface area (Å²) in [5.41, 5.74) is 4.90. The predicted octanol–water partition coefficient (Wildman–Crippen LogP) is 4.59. The maximum Gasteiger partial charge on any atom is 0.0644 e. The molecule has 3 nitrogen and oxygen atoms in total. The van der Waals surface area contributed by atoms with Crippen LogP contribution in [0, 0.1) is 13.8 Å². The third kappa shape index (κ3) is 3.47. The molecule has 2 rings (SSSR count). The summed E-state index contributed by atoms with van der Waals surface area (Å²) in [6.07, 6.45) is 0. The van der Waals surface area contributed by atoms with Crippen molar-refractivity contribution in [3.8, 4) is 0 Å². The first-order valence-corrected chi connectivity index (χ1v) is 7.87. The lowest BCUT2D eigenvalue weighted by molar-refractivity contribution is 0.491. The van der Waals surface area contributed by atoms with E-state index in [1.54, 1.807) is 0 Å². The molecular weight excluding hydrogens is 282 g/mol. The molecule has 1 heterocycles. The highest BCUT2D eigenvalue weighted by Gasteiger charge is 2.18. The molecule has 2 atom stereocenters. The Morgan fingerprint density at radius 3 is 2.29 bits per heavy atom. The molecule has 0 radical (unpaired) electrons. The van der Waals surface area contributed by atoms with Crippen LogP contribution in [-0.2, 0) is 6.54 Å². The van der Waals surface area contributed by atoms with Crippen molar-refractivity contribution in [3.63, 3.8) is 0 Å². The summed E-state index contributed by atoms with van der Waals surface area (Å²) < 4.78 is 2.07. The highest BCUT2D eigenvalue weighted by atomic mass is 35.5. The number of halogens is 1. The first kappa shape index (κ1) is 16.1. The third-order valence-electron chi connectivity index (χ3n) is 4.04. The first-order chi connectivity index (χ1) is 9.93. The highest BCUT2D eigenvalue weighted by Crippen LogP contribution is 2.25. The highest BCUT2D eigenvalue weighted by molar-refractivity contribution is 6.30. The molecular formula is C17H24ClN3. The van der Waals surface area contributed by atoms with Gasteiger partial charge < -0.3 is 5.32 Å². The maximum absolute atomic E-state index is 5.95. The van der Waals surface area contributed by atoms with Gasteiger partial charge in [-0.2, -0.15) is 5.10 Å². The summed E-state index contributed by atoms with van der Waals surface area (Å²) in [4.78, 5) is 0. The molecule has 0 saturated heterocycles. The Morgan fingerprint density at radius 2 is 1.76 bits per heavy atom. The molecule has 4 heteroatoms. The zero-order valence-electron chi connectivity index (χ0n) is 13.4. The van der Waals surface area contributed by atoms with E-state index in [9.17, 15) is 0 Å². The molecule has 2 aromatic rings. The second-order valence-corrected chi connectivity index (χ2v) is 6.00. The lowest BCUT2D eigenvalue weighted by Crippen LogP contribution is -2.23. The molecule has 1 aromatic carbocycles. The molecule has 1 N–H and O–H groups in total. The minimum Gasteiger partial charge on any atom is -0.304 e. The van der Waals surface area contributed by atoms with Crippen molar-refractivity contribution < 1.29 is 0 Å². The van der Waals surface area contributed by atoms with Crippen molar-refractivity contribution in [1.82, 2.24) is 15.1 Å². The van der Waals surface area contributed by atoms with Crippen LogP contribution in [0.5, 0.6) is 0 Å². The third-order valence-corrected chi connectivity index (χ3v) is 4.29. The van der Waals surface area contributed by atoms with Crippen molar-refractivity contribution in [2.45, 2.75) is 53.2 Å². The van der Waals surface area contributed by atoms with Crippen LogP contribution in [0.1, 0.15) is 55.4 Å². The minimum absolute atomic E-state index is 0.260. The van der Waals surface area contributed by atoms with Crippen LogP contribution in [0.25, 0.3) is 0 Å². The Hall–Kier alpha value is -1.32. The Morgan fingerprint density at radius 1 is 1.14 bits per heavy atom. The molecule has 0 fully saturated rings. The fraction of sp³-hybridized carbons (Fsp3) is 0.471. The average molecular weight is 306 g/mol. The first-order valence-electron chi connectivity index (χ1n) is 7.49. The largest absolute Gasteiger partial charge is 0.304 e. The van der Waals surface area contributed by atoms with Gasteiger partial charge in [-0.1, -0.05) is 23.7 Å². The Kier molecular flexibility index (Phi) is 5.07. The quantitative estimate of drug-likeness (QED) is 0.876. The van der Waals surface area contributed by atoms with Gasteiger partial charge in [-0.05, 0) is 52.3 Å².